The van der Waals surface area contributed by atoms with Crippen molar-refractivity contribution in [2.75, 3.05) is 31.1 Å². The van der Waals surface area contributed by atoms with Gasteiger partial charge >= 0.3 is 0 Å². The van der Waals surface area contributed by atoms with Crippen molar-refractivity contribution in [3.8, 4) is 0 Å². The average Bonchev–Trinajstić information content (AvgIpc) is 2.79. The molecule has 5 rings (SSSR count). The number of halogens is 1. The maximum absolute atomic E-state index is 14.0. The van der Waals surface area contributed by atoms with Gasteiger partial charge in [0.25, 0.3) is 11.5 Å². The highest BCUT2D eigenvalue weighted by Crippen LogP contribution is 2.21. The summed E-state index contributed by atoms with van der Waals surface area (Å²) in [7, 11) is 0. The average molecular weight is 402 g/mol. The van der Waals surface area contributed by atoms with Gasteiger partial charge in [0, 0.05) is 32.4 Å². The molecule has 1 aliphatic rings. The summed E-state index contributed by atoms with van der Waals surface area (Å²) < 4.78 is 15.5. The Morgan fingerprint density at radius 2 is 1.63 bits per heavy atom. The smallest absolute Gasteiger partial charge is 0.265 e. The van der Waals surface area contributed by atoms with Crippen LogP contribution in [-0.2, 0) is 0 Å². The van der Waals surface area contributed by atoms with Gasteiger partial charge in [-0.1, -0.05) is 24.3 Å². The summed E-state index contributed by atoms with van der Waals surface area (Å²) in [6, 6.07) is 17.2. The fourth-order valence-corrected chi connectivity index (χ4v) is 3.92. The summed E-state index contributed by atoms with van der Waals surface area (Å²) in [4.78, 5) is 34.0. The number of piperazine rings is 1. The first kappa shape index (κ1) is 18.3. The number of hydrogen-bond donors (Lipinski definition) is 0. The first-order valence-corrected chi connectivity index (χ1v) is 9.82. The van der Waals surface area contributed by atoms with Gasteiger partial charge in [0.2, 0.25) is 0 Å². The fourth-order valence-electron chi connectivity index (χ4n) is 3.92. The van der Waals surface area contributed by atoms with Crippen LogP contribution in [0.5, 0.6) is 0 Å². The van der Waals surface area contributed by atoms with Gasteiger partial charge in [-0.15, -0.1) is 0 Å². The van der Waals surface area contributed by atoms with E-state index in [0.717, 1.165) is 0 Å². The van der Waals surface area contributed by atoms with Crippen LogP contribution in [0, 0.1) is 5.82 Å². The van der Waals surface area contributed by atoms with Gasteiger partial charge in [0.1, 0.15) is 11.5 Å². The normalized spacial score (nSPS) is 14.4. The standard InChI is InChI=1S/C23H19FN4O2/c24-18-6-2-4-8-20(18)26-11-13-27(14-12-26)22(29)16-9-10-21-25-19-7-3-1-5-17(19)23(30)28(21)15-16/h1-10,15H,11-14H2. The van der Waals surface area contributed by atoms with Gasteiger partial charge in [0.05, 0.1) is 22.2 Å². The number of rotatable bonds is 2. The molecular weight excluding hydrogens is 383 g/mol. The van der Waals surface area contributed by atoms with Gasteiger partial charge < -0.3 is 9.80 Å². The van der Waals surface area contributed by atoms with E-state index in [1.54, 1.807) is 59.6 Å². The van der Waals surface area contributed by atoms with Crippen LogP contribution in [0.1, 0.15) is 10.4 Å². The van der Waals surface area contributed by atoms with Crippen LogP contribution in [0.3, 0.4) is 0 Å². The van der Waals surface area contributed by atoms with E-state index in [4.69, 9.17) is 0 Å². The second-order valence-corrected chi connectivity index (χ2v) is 7.31. The molecule has 0 spiro atoms. The van der Waals surface area contributed by atoms with Crippen LogP contribution in [0.25, 0.3) is 16.6 Å². The van der Waals surface area contributed by atoms with Gasteiger partial charge in [-0.2, -0.15) is 0 Å². The van der Waals surface area contributed by atoms with Crippen molar-refractivity contribution in [1.29, 1.82) is 0 Å². The highest BCUT2D eigenvalue weighted by molar-refractivity contribution is 5.94. The molecule has 0 bridgehead atoms. The summed E-state index contributed by atoms with van der Waals surface area (Å²) in [5.74, 6) is -0.406. The number of pyridine rings is 1. The molecule has 1 amide bonds. The number of amides is 1. The topological polar surface area (TPSA) is 57.9 Å². The Morgan fingerprint density at radius 1 is 0.900 bits per heavy atom. The monoisotopic (exact) mass is 402 g/mol. The van der Waals surface area contributed by atoms with Gasteiger partial charge in [-0.25, -0.2) is 9.37 Å². The third-order valence-corrected chi connectivity index (χ3v) is 5.52. The zero-order valence-corrected chi connectivity index (χ0v) is 16.2. The first-order chi connectivity index (χ1) is 14.6. The number of benzene rings is 2. The van der Waals surface area contributed by atoms with Gasteiger partial charge in [-0.3, -0.25) is 14.0 Å². The molecule has 0 unspecified atom stereocenters. The van der Waals surface area contributed by atoms with E-state index in [0.29, 0.717) is 54.0 Å². The summed E-state index contributed by atoms with van der Waals surface area (Å²) in [6.45, 7) is 2.06. The van der Waals surface area contributed by atoms with E-state index in [1.807, 2.05) is 11.0 Å². The third kappa shape index (κ3) is 3.08. The molecule has 7 heteroatoms. The molecule has 1 aliphatic heterocycles. The minimum atomic E-state index is -0.258. The SMILES string of the molecule is O=C(c1ccc2nc3ccccc3c(=O)n2c1)N1CCN(c2ccccc2F)CC1. The van der Waals surface area contributed by atoms with Crippen LogP contribution in [0.4, 0.5) is 10.1 Å². The Hall–Kier alpha value is -3.74. The number of anilines is 1. The van der Waals surface area contributed by atoms with Crippen molar-refractivity contribution in [2.24, 2.45) is 0 Å². The molecule has 30 heavy (non-hydrogen) atoms. The predicted molar refractivity (Wildman–Crippen MR) is 113 cm³/mol. The lowest BCUT2D eigenvalue weighted by atomic mass is 10.2. The van der Waals surface area contributed by atoms with Crippen molar-refractivity contribution >= 4 is 28.1 Å². The second-order valence-electron chi connectivity index (χ2n) is 7.31. The van der Waals surface area contributed by atoms with Crippen molar-refractivity contribution in [2.45, 2.75) is 0 Å². The molecule has 1 saturated heterocycles. The maximum atomic E-state index is 14.0. The maximum Gasteiger partial charge on any atom is 0.265 e. The minimum Gasteiger partial charge on any atom is -0.366 e. The third-order valence-electron chi connectivity index (χ3n) is 5.52. The highest BCUT2D eigenvalue weighted by Gasteiger charge is 2.24. The number of para-hydroxylation sites is 2. The Kier molecular flexibility index (Phi) is 4.43. The quantitative estimate of drug-likeness (QED) is 0.484. The number of carbonyl (C=O) groups is 1. The molecule has 2 aromatic heterocycles. The number of nitrogens with zero attached hydrogens (tertiary/aromatic N) is 4. The molecule has 4 aromatic rings. The largest absolute Gasteiger partial charge is 0.366 e. The van der Waals surface area contributed by atoms with Crippen molar-refractivity contribution < 1.29 is 9.18 Å². The molecule has 0 N–H and O–H groups in total. The van der Waals surface area contributed by atoms with E-state index >= 15 is 0 Å². The number of hydrogen-bond acceptors (Lipinski definition) is 4. The number of fused-ring (bicyclic) bond motifs is 2. The van der Waals surface area contributed by atoms with E-state index in [-0.39, 0.29) is 17.3 Å². The molecule has 0 atom stereocenters. The van der Waals surface area contributed by atoms with E-state index < -0.39 is 0 Å². The summed E-state index contributed by atoms with van der Waals surface area (Å²) in [5.41, 5.74) is 1.92. The molecule has 2 aromatic carbocycles. The van der Waals surface area contributed by atoms with Crippen molar-refractivity contribution in [1.82, 2.24) is 14.3 Å². The number of carbonyl (C=O) groups excluding carboxylic acids is 1. The van der Waals surface area contributed by atoms with Crippen molar-refractivity contribution in [3.05, 3.63) is 88.6 Å². The highest BCUT2D eigenvalue weighted by atomic mass is 19.1. The summed E-state index contributed by atoms with van der Waals surface area (Å²) in [6.07, 6.45) is 1.56. The van der Waals surface area contributed by atoms with Crippen LogP contribution in [0.15, 0.2) is 71.7 Å². The van der Waals surface area contributed by atoms with Gasteiger partial charge in [0.15, 0.2) is 0 Å². The molecule has 150 valence electrons. The summed E-state index contributed by atoms with van der Waals surface area (Å²) >= 11 is 0. The van der Waals surface area contributed by atoms with Crippen LogP contribution in [0.2, 0.25) is 0 Å². The Labute approximate surface area is 171 Å². The zero-order chi connectivity index (χ0) is 20.7. The zero-order valence-electron chi connectivity index (χ0n) is 16.2. The molecular formula is C23H19FN4O2. The molecule has 0 radical (unpaired) electrons. The lowest BCUT2D eigenvalue weighted by Crippen LogP contribution is -2.49. The van der Waals surface area contributed by atoms with Crippen LogP contribution in [-0.4, -0.2) is 46.4 Å². The minimum absolute atomic E-state index is 0.148. The van der Waals surface area contributed by atoms with E-state index in [9.17, 15) is 14.0 Å². The molecule has 6 nitrogen and oxygen atoms in total. The Bertz CT molecular complexity index is 1330. The Morgan fingerprint density at radius 3 is 2.43 bits per heavy atom. The van der Waals surface area contributed by atoms with Crippen molar-refractivity contribution in [3.63, 3.8) is 0 Å². The van der Waals surface area contributed by atoms with Crippen LogP contribution < -0.4 is 10.5 Å². The molecule has 1 fully saturated rings. The summed E-state index contributed by atoms with van der Waals surface area (Å²) in [5, 5.41) is 0.512. The second kappa shape index (κ2) is 7.26. The van der Waals surface area contributed by atoms with Crippen LogP contribution >= 0.6 is 0 Å². The molecule has 0 aliphatic carbocycles. The Balaban J connectivity index is 1.40. The predicted octanol–water partition coefficient (Wildman–Crippen LogP) is 2.95. The fraction of sp³-hybridized carbons (Fsp3) is 0.174. The lowest BCUT2D eigenvalue weighted by Gasteiger charge is -2.36. The van der Waals surface area contributed by atoms with Gasteiger partial charge in [-0.05, 0) is 36.4 Å². The first-order valence-electron chi connectivity index (χ1n) is 9.82. The molecule has 0 saturated carbocycles. The lowest BCUT2D eigenvalue weighted by molar-refractivity contribution is 0.0746. The number of aromatic nitrogens is 2. The van der Waals surface area contributed by atoms with E-state index in [1.165, 1.54) is 10.5 Å². The van der Waals surface area contributed by atoms with E-state index in [2.05, 4.69) is 4.98 Å². The molecule has 3 heterocycles.